The van der Waals surface area contributed by atoms with Crippen LogP contribution >= 0.6 is 24.2 Å². The quantitative estimate of drug-likeness (QED) is 0.409. The molecule has 0 spiro atoms. The zero-order chi connectivity index (χ0) is 18.9. The van der Waals surface area contributed by atoms with Crippen LogP contribution in [0.5, 0.6) is 0 Å². The molecule has 0 radical (unpaired) electrons. The number of thiophene rings is 1. The highest BCUT2D eigenvalue weighted by atomic mass is 32.1. The van der Waals surface area contributed by atoms with Gasteiger partial charge in [0.15, 0.2) is 0 Å². The first-order chi connectivity index (χ1) is 12.4. The Bertz CT molecular complexity index is 861. The average Bonchev–Trinajstić information content (AvgIpc) is 2.93. The minimum Gasteiger partial charge on any atom is -0.508 e. The summed E-state index contributed by atoms with van der Waals surface area (Å²) in [6, 6.07) is 6.47. The Balaban J connectivity index is 2.18. The molecule has 26 heavy (non-hydrogen) atoms. The van der Waals surface area contributed by atoms with Crippen molar-refractivity contribution in [3.05, 3.63) is 58.0 Å². The molecule has 0 saturated heterocycles. The van der Waals surface area contributed by atoms with Crippen molar-refractivity contribution in [1.29, 1.82) is 0 Å². The second kappa shape index (κ2) is 7.63. The zero-order valence-corrected chi connectivity index (χ0v) is 17.4. The molecule has 4 heteroatoms. The molecular weight excluding hydrogens is 358 g/mol. The minimum absolute atomic E-state index is 0.178. The van der Waals surface area contributed by atoms with Gasteiger partial charge in [0, 0.05) is 21.9 Å². The van der Waals surface area contributed by atoms with Crippen molar-refractivity contribution in [2.45, 2.75) is 46.6 Å². The molecule has 2 N–H and O–H groups in total. The van der Waals surface area contributed by atoms with Gasteiger partial charge in [0.05, 0.1) is 0 Å². The standard InChI is InChI=1S/C22H27NOS2/c1-5-6-15-7-8-17(16(11-15)13-23-25)21-20(14(2)24)18-12-22(3,4)10-9-19(18)26-21/h5-8,11,23-25H,2,9-10,12-13H2,1,3-4H3/b6-5+. The number of fused-ring (bicyclic) bond motifs is 1. The topological polar surface area (TPSA) is 32.3 Å². The number of aliphatic hydroxyl groups excluding tert-OH is 1. The van der Waals surface area contributed by atoms with E-state index in [-0.39, 0.29) is 11.2 Å². The van der Waals surface area contributed by atoms with E-state index in [0.717, 1.165) is 28.8 Å². The molecule has 0 saturated carbocycles. The number of rotatable bonds is 5. The average molecular weight is 386 g/mol. The summed E-state index contributed by atoms with van der Waals surface area (Å²) < 4.78 is 2.98. The molecular formula is C22H27NOS2. The number of hydrogen-bond acceptors (Lipinski definition) is 4. The number of hydrogen-bond donors (Lipinski definition) is 3. The van der Waals surface area contributed by atoms with Crippen molar-refractivity contribution in [3.8, 4) is 10.4 Å². The lowest BCUT2D eigenvalue weighted by Gasteiger charge is -2.30. The monoisotopic (exact) mass is 385 g/mol. The zero-order valence-electron chi connectivity index (χ0n) is 15.7. The van der Waals surface area contributed by atoms with Gasteiger partial charge in [0.2, 0.25) is 0 Å². The van der Waals surface area contributed by atoms with E-state index in [1.807, 2.05) is 24.3 Å². The number of thiol groups is 1. The van der Waals surface area contributed by atoms with Gasteiger partial charge in [-0.05, 0) is 59.9 Å². The van der Waals surface area contributed by atoms with Gasteiger partial charge < -0.3 is 5.11 Å². The van der Waals surface area contributed by atoms with Crippen molar-refractivity contribution in [2.24, 2.45) is 5.41 Å². The normalized spacial score (nSPS) is 16.0. The lowest BCUT2D eigenvalue weighted by molar-refractivity contribution is 0.317. The fourth-order valence-corrected chi connectivity index (χ4v) is 5.35. The van der Waals surface area contributed by atoms with Crippen LogP contribution in [0.25, 0.3) is 22.3 Å². The summed E-state index contributed by atoms with van der Waals surface area (Å²) in [5.74, 6) is 0.178. The Labute approximate surface area is 166 Å². The second-order valence-electron chi connectivity index (χ2n) is 7.75. The highest BCUT2D eigenvalue weighted by Gasteiger charge is 2.31. The highest BCUT2D eigenvalue weighted by molar-refractivity contribution is 7.78. The summed E-state index contributed by atoms with van der Waals surface area (Å²) in [6.07, 6.45) is 7.39. The molecule has 0 bridgehead atoms. The van der Waals surface area contributed by atoms with Crippen LogP contribution in [0.1, 0.15) is 54.3 Å². The summed E-state index contributed by atoms with van der Waals surface area (Å²) in [7, 11) is 0. The summed E-state index contributed by atoms with van der Waals surface area (Å²) >= 11 is 6.02. The van der Waals surface area contributed by atoms with Crippen molar-refractivity contribution < 1.29 is 5.11 Å². The van der Waals surface area contributed by atoms with Crippen LogP contribution in [0.3, 0.4) is 0 Å². The largest absolute Gasteiger partial charge is 0.508 e. The predicted molar refractivity (Wildman–Crippen MR) is 118 cm³/mol. The molecule has 1 heterocycles. The van der Waals surface area contributed by atoms with Gasteiger partial charge in [0.25, 0.3) is 0 Å². The first-order valence-electron chi connectivity index (χ1n) is 9.02. The van der Waals surface area contributed by atoms with Crippen LogP contribution in [0.15, 0.2) is 30.9 Å². The van der Waals surface area contributed by atoms with Crippen LogP contribution in [0.2, 0.25) is 0 Å². The fourth-order valence-electron chi connectivity index (χ4n) is 3.78. The van der Waals surface area contributed by atoms with E-state index in [0.29, 0.717) is 6.54 Å². The number of aliphatic hydroxyl groups is 1. The third kappa shape index (κ3) is 3.78. The van der Waals surface area contributed by atoms with E-state index >= 15 is 0 Å². The molecule has 1 aliphatic carbocycles. The maximum Gasteiger partial charge on any atom is 0.117 e. The van der Waals surface area contributed by atoms with E-state index in [1.54, 1.807) is 0 Å². The van der Waals surface area contributed by atoms with Gasteiger partial charge in [-0.15, -0.1) is 11.3 Å². The SMILES string of the molecule is C=C(O)c1c(-c2ccc(/C=C/C)cc2CNS)sc2c1CC(C)(C)CC2. The highest BCUT2D eigenvalue weighted by Crippen LogP contribution is 2.47. The van der Waals surface area contributed by atoms with E-state index in [2.05, 4.69) is 62.2 Å². The third-order valence-corrected chi connectivity index (χ3v) is 6.55. The molecule has 138 valence electrons. The molecule has 1 aromatic heterocycles. The van der Waals surface area contributed by atoms with Crippen molar-refractivity contribution in [2.75, 3.05) is 0 Å². The van der Waals surface area contributed by atoms with Crippen LogP contribution in [-0.4, -0.2) is 5.11 Å². The van der Waals surface area contributed by atoms with Gasteiger partial charge in [-0.2, -0.15) is 0 Å². The molecule has 0 fully saturated rings. The molecule has 2 aromatic rings. The van der Waals surface area contributed by atoms with E-state index in [1.165, 1.54) is 28.0 Å². The third-order valence-electron chi connectivity index (χ3n) is 5.07. The number of benzene rings is 1. The smallest absolute Gasteiger partial charge is 0.117 e. The maximum atomic E-state index is 10.4. The molecule has 1 aliphatic rings. The van der Waals surface area contributed by atoms with Gasteiger partial charge in [-0.25, -0.2) is 0 Å². The molecule has 1 aromatic carbocycles. The van der Waals surface area contributed by atoms with E-state index < -0.39 is 0 Å². The van der Waals surface area contributed by atoms with Crippen LogP contribution < -0.4 is 4.72 Å². The van der Waals surface area contributed by atoms with Gasteiger partial charge in [-0.1, -0.05) is 57.5 Å². The lowest BCUT2D eigenvalue weighted by Crippen LogP contribution is -2.21. The maximum absolute atomic E-state index is 10.4. The molecule has 0 aliphatic heterocycles. The Morgan fingerprint density at radius 1 is 1.42 bits per heavy atom. The first kappa shape index (κ1) is 19.3. The number of allylic oxidation sites excluding steroid dienone is 1. The van der Waals surface area contributed by atoms with Gasteiger partial charge in [-0.3, -0.25) is 4.72 Å². The summed E-state index contributed by atoms with van der Waals surface area (Å²) in [5, 5.41) is 10.4. The summed E-state index contributed by atoms with van der Waals surface area (Å²) in [5.41, 5.74) is 5.99. The Kier molecular flexibility index (Phi) is 5.66. The van der Waals surface area contributed by atoms with Crippen LogP contribution in [0, 0.1) is 5.41 Å². The van der Waals surface area contributed by atoms with Crippen molar-refractivity contribution in [1.82, 2.24) is 4.72 Å². The molecule has 0 unspecified atom stereocenters. The number of nitrogens with one attached hydrogen (secondary N) is 1. The van der Waals surface area contributed by atoms with Gasteiger partial charge >= 0.3 is 0 Å². The minimum atomic E-state index is 0.178. The van der Waals surface area contributed by atoms with E-state index in [4.69, 9.17) is 0 Å². The molecule has 2 nitrogen and oxygen atoms in total. The predicted octanol–water partition coefficient (Wildman–Crippen LogP) is 6.43. The molecule has 3 rings (SSSR count). The molecule has 0 atom stereocenters. The summed E-state index contributed by atoms with van der Waals surface area (Å²) in [6.45, 7) is 11.2. The van der Waals surface area contributed by atoms with Crippen LogP contribution in [0.4, 0.5) is 0 Å². The Hall–Kier alpha value is -1.49. The Morgan fingerprint density at radius 3 is 2.85 bits per heavy atom. The fraction of sp³-hybridized carbons (Fsp3) is 0.364. The first-order valence-corrected chi connectivity index (χ1v) is 10.3. The van der Waals surface area contributed by atoms with Gasteiger partial charge in [0.1, 0.15) is 5.76 Å². The lowest BCUT2D eigenvalue weighted by atomic mass is 9.75. The second-order valence-corrected chi connectivity index (χ2v) is 9.17. The van der Waals surface area contributed by atoms with Crippen molar-refractivity contribution >= 4 is 36.0 Å². The number of aryl methyl sites for hydroxylation is 1. The van der Waals surface area contributed by atoms with Crippen molar-refractivity contribution in [3.63, 3.8) is 0 Å². The molecule has 0 amide bonds. The summed E-state index contributed by atoms with van der Waals surface area (Å²) in [4.78, 5) is 2.53. The van der Waals surface area contributed by atoms with E-state index in [9.17, 15) is 5.11 Å². The Morgan fingerprint density at radius 2 is 2.19 bits per heavy atom. The van der Waals surface area contributed by atoms with Crippen LogP contribution in [-0.2, 0) is 19.4 Å².